The van der Waals surface area contributed by atoms with Gasteiger partial charge < -0.3 is 15.5 Å². The number of likely N-dealkylation sites (tertiary alicyclic amines) is 1. The van der Waals surface area contributed by atoms with E-state index in [2.05, 4.69) is 39.8 Å². The van der Waals surface area contributed by atoms with Gasteiger partial charge in [-0.15, -0.1) is 0 Å². The molecule has 1 aromatic carbocycles. The normalized spacial score (nSPS) is 20.2. The molecule has 0 bridgehead atoms. The summed E-state index contributed by atoms with van der Waals surface area (Å²) in [6.45, 7) is 3.64. The molecule has 2 N–H and O–H groups in total. The molecule has 6 heteroatoms. The molecule has 1 spiro atoms. The van der Waals surface area contributed by atoms with E-state index in [1.54, 1.807) is 0 Å². The van der Waals surface area contributed by atoms with Crippen LogP contribution in [0.3, 0.4) is 0 Å². The van der Waals surface area contributed by atoms with Crippen LogP contribution in [0.1, 0.15) is 37.7 Å². The van der Waals surface area contributed by atoms with E-state index in [0.29, 0.717) is 32.5 Å². The summed E-state index contributed by atoms with van der Waals surface area (Å²) in [4.78, 5) is 29.0. The zero-order chi connectivity index (χ0) is 19.1. The van der Waals surface area contributed by atoms with Crippen molar-refractivity contribution in [3.05, 3.63) is 35.9 Å². The predicted octanol–water partition coefficient (Wildman–Crippen LogP) is 2.01. The molecular formula is C21H32N4O2. The van der Waals surface area contributed by atoms with Crippen molar-refractivity contribution in [3.8, 4) is 0 Å². The van der Waals surface area contributed by atoms with Gasteiger partial charge in [-0.3, -0.25) is 9.69 Å². The number of nitrogens with zero attached hydrogens (tertiary/aromatic N) is 2. The monoisotopic (exact) mass is 372 g/mol. The minimum absolute atomic E-state index is 0.00115. The molecule has 0 radical (unpaired) electrons. The molecule has 148 valence electrons. The Hall–Kier alpha value is -2.08. The number of urea groups is 1. The number of likely N-dealkylation sites (N-methyl/N-ethyl adjacent to an activating group) is 1. The zero-order valence-electron chi connectivity index (χ0n) is 16.4. The lowest BCUT2D eigenvalue weighted by molar-refractivity contribution is -0.134. The van der Waals surface area contributed by atoms with Crippen molar-refractivity contribution in [2.75, 3.05) is 39.8 Å². The molecular weight excluding hydrogens is 340 g/mol. The highest BCUT2D eigenvalue weighted by Gasteiger charge is 2.46. The van der Waals surface area contributed by atoms with Crippen LogP contribution in [-0.2, 0) is 11.2 Å². The number of benzene rings is 1. The van der Waals surface area contributed by atoms with Gasteiger partial charge in [-0.05, 0) is 51.1 Å². The van der Waals surface area contributed by atoms with Gasteiger partial charge in [0.25, 0.3) is 0 Å². The van der Waals surface area contributed by atoms with Gasteiger partial charge in [0.15, 0.2) is 0 Å². The van der Waals surface area contributed by atoms with Crippen LogP contribution in [0.15, 0.2) is 30.3 Å². The Morgan fingerprint density at radius 3 is 2.63 bits per heavy atom. The number of amides is 3. The van der Waals surface area contributed by atoms with Crippen molar-refractivity contribution >= 4 is 11.9 Å². The molecule has 2 heterocycles. The van der Waals surface area contributed by atoms with E-state index in [1.807, 2.05) is 18.0 Å². The highest BCUT2D eigenvalue weighted by Crippen LogP contribution is 2.29. The fraction of sp³-hybridized carbons (Fsp3) is 0.619. The smallest absolute Gasteiger partial charge is 0.317 e. The van der Waals surface area contributed by atoms with E-state index in [-0.39, 0.29) is 11.9 Å². The molecule has 6 nitrogen and oxygen atoms in total. The van der Waals surface area contributed by atoms with Gasteiger partial charge in [-0.1, -0.05) is 30.3 Å². The van der Waals surface area contributed by atoms with Crippen LogP contribution in [0.4, 0.5) is 4.79 Å². The van der Waals surface area contributed by atoms with Crippen LogP contribution in [0.5, 0.6) is 0 Å². The quantitative estimate of drug-likeness (QED) is 0.777. The number of piperidine rings is 1. The third kappa shape index (κ3) is 4.80. The molecule has 2 aliphatic heterocycles. The number of carbonyl (C=O) groups excluding carboxylic acids is 2. The molecule has 2 aliphatic rings. The van der Waals surface area contributed by atoms with Gasteiger partial charge in [0.1, 0.15) is 5.54 Å². The number of unbranched alkanes of at least 4 members (excludes halogenated alkanes) is 1. The molecule has 0 aromatic heterocycles. The minimum atomic E-state index is -0.442. The van der Waals surface area contributed by atoms with Gasteiger partial charge >= 0.3 is 6.03 Å². The predicted molar refractivity (Wildman–Crippen MR) is 107 cm³/mol. The average molecular weight is 373 g/mol. The summed E-state index contributed by atoms with van der Waals surface area (Å²) in [5.41, 5.74) is 0.902. The Balaban J connectivity index is 1.39. The van der Waals surface area contributed by atoms with Crippen LogP contribution >= 0.6 is 0 Å². The van der Waals surface area contributed by atoms with E-state index in [9.17, 15) is 9.59 Å². The topological polar surface area (TPSA) is 64.7 Å². The molecule has 0 atom stereocenters. The lowest BCUT2D eigenvalue weighted by Gasteiger charge is -2.44. The van der Waals surface area contributed by atoms with E-state index in [1.165, 1.54) is 5.56 Å². The first-order valence-electron chi connectivity index (χ1n) is 10.2. The number of hydrogen-bond acceptors (Lipinski definition) is 3. The second-order valence-electron chi connectivity index (χ2n) is 7.72. The van der Waals surface area contributed by atoms with Crippen LogP contribution < -0.4 is 10.6 Å². The molecule has 27 heavy (non-hydrogen) atoms. The summed E-state index contributed by atoms with van der Waals surface area (Å²) < 4.78 is 0. The lowest BCUT2D eigenvalue weighted by atomic mass is 9.85. The molecule has 3 rings (SSSR count). The summed E-state index contributed by atoms with van der Waals surface area (Å²) >= 11 is 0. The van der Waals surface area contributed by atoms with Crippen molar-refractivity contribution in [3.63, 3.8) is 0 Å². The van der Waals surface area contributed by atoms with Crippen LogP contribution in [-0.4, -0.2) is 67.0 Å². The van der Waals surface area contributed by atoms with Gasteiger partial charge in [-0.2, -0.15) is 0 Å². The van der Waals surface area contributed by atoms with Crippen LogP contribution in [0, 0.1) is 0 Å². The number of hydrogen-bond donors (Lipinski definition) is 2. The summed E-state index contributed by atoms with van der Waals surface area (Å²) in [5.74, 6) is 0.128. The van der Waals surface area contributed by atoms with Crippen molar-refractivity contribution in [2.45, 2.75) is 44.1 Å². The Morgan fingerprint density at radius 2 is 1.89 bits per heavy atom. The standard InChI is InChI=1S/C21H32N4O2/c1-24-15-7-14-22-19(26)21(24)11-16-25(17-12-21)20(27)23-13-6-5-10-18-8-3-2-4-9-18/h2-4,8-9H,5-7,10-17H2,1H3,(H,22,26)(H,23,27). The maximum absolute atomic E-state index is 12.6. The summed E-state index contributed by atoms with van der Waals surface area (Å²) in [5, 5.41) is 6.08. The average Bonchev–Trinajstić information content (AvgIpc) is 2.83. The number of rotatable bonds is 5. The summed E-state index contributed by atoms with van der Waals surface area (Å²) in [6.07, 6.45) is 5.48. The van der Waals surface area contributed by atoms with E-state index >= 15 is 0 Å². The Kier molecular flexibility index (Phi) is 6.72. The van der Waals surface area contributed by atoms with Crippen molar-refractivity contribution in [2.24, 2.45) is 0 Å². The highest BCUT2D eigenvalue weighted by atomic mass is 16.2. The maximum atomic E-state index is 12.6. The Bertz CT molecular complexity index is 626. The zero-order valence-corrected chi connectivity index (χ0v) is 16.4. The molecule has 2 fully saturated rings. The second-order valence-corrected chi connectivity index (χ2v) is 7.72. The van der Waals surface area contributed by atoms with Gasteiger partial charge in [-0.25, -0.2) is 4.79 Å². The third-order valence-corrected chi connectivity index (χ3v) is 6.00. The Labute approximate surface area is 162 Å². The maximum Gasteiger partial charge on any atom is 0.317 e. The van der Waals surface area contributed by atoms with Crippen LogP contribution in [0.25, 0.3) is 0 Å². The molecule has 0 saturated carbocycles. The molecule has 2 saturated heterocycles. The van der Waals surface area contributed by atoms with Gasteiger partial charge in [0.2, 0.25) is 5.91 Å². The van der Waals surface area contributed by atoms with E-state index in [4.69, 9.17) is 0 Å². The largest absolute Gasteiger partial charge is 0.354 e. The first kappa shape index (κ1) is 19.7. The van der Waals surface area contributed by atoms with Crippen molar-refractivity contribution in [1.29, 1.82) is 0 Å². The third-order valence-electron chi connectivity index (χ3n) is 6.00. The highest BCUT2D eigenvalue weighted by molar-refractivity contribution is 5.87. The lowest BCUT2D eigenvalue weighted by Crippen LogP contribution is -2.62. The summed E-state index contributed by atoms with van der Waals surface area (Å²) in [7, 11) is 2.04. The molecule has 1 aromatic rings. The van der Waals surface area contributed by atoms with E-state index in [0.717, 1.165) is 38.8 Å². The fourth-order valence-electron chi connectivity index (χ4n) is 4.16. The van der Waals surface area contributed by atoms with Gasteiger partial charge in [0, 0.05) is 32.7 Å². The number of aryl methyl sites for hydroxylation is 1. The number of carbonyl (C=O) groups is 2. The number of nitrogens with one attached hydrogen (secondary N) is 2. The first-order chi connectivity index (χ1) is 13.1. The van der Waals surface area contributed by atoms with Crippen molar-refractivity contribution in [1.82, 2.24) is 20.4 Å². The second kappa shape index (κ2) is 9.22. The first-order valence-corrected chi connectivity index (χ1v) is 10.2. The molecule has 3 amide bonds. The fourth-order valence-corrected chi connectivity index (χ4v) is 4.16. The van der Waals surface area contributed by atoms with Gasteiger partial charge in [0.05, 0.1) is 0 Å². The SMILES string of the molecule is CN1CCCNC(=O)C12CCN(C(=O)NCCCCc1ccccc1)CC2. The Morgan fingerprint density at radius 1 is 1.15 bits per heavy atom. The minimum Gasteiger partial charge on any atom is -0.354 e. The van der Waals surface area contributed by atoms with E-state index < -0.39 is 5.54 Å². The van der Waals surface area contributed by atoms with Crippen molar-refractivity contribution < 1.29 is 9.59 Å². The molecule has 0 aliphatic carbocycles. The molecule has 0 unspecified atom stereocenters. The van der Waals surface area contributed by atoms with Crippen LogP contribution in [0.2, 0.25) is 0 Å². The summed E-state index contributed by atoms with van der Waals surface area (Å²) in [6, 6.07) is 10.4.